The van der Waals surface area contributed by atoms with Crippen LogP contribution in [0.3, 0.4) is 0 Å². The molecule has 0 amide bonds. The third-order valence-electron chi connectivity index (χ3n) is 4.56. The summed E-state index contributed by atoms with van der Waals surface area (Å²) < 4.78 is 0. The van der Waals surface area contributed by atoms with Gasteiger partial charge in [0.15, 0.2) is 0 Å². The molecular weight excluding hydrogens is 220 g/mol. The highest BCUT2D eigenvalue weighted by atomic mass is 14.8. The maximum atomic E-state index is 5.86. The van der Waals surface area contributed by atoms with Gasteiger partial charge in [0.2, 0.25) is 0 Å². The fraction of sp³-hybridized carbons (Fsp3) is 1.00. The highest BCUT2D eigenvalue weighted by molar-refractivity contribution is 4.88. The summed E-state index contributed by atoms with van der Waals surface area (Å²) in [5, 5.41) is 3.59. The molecule has 0 aromatic heterocycles. The zero-order valence-electron chi connectivity index (χ0n) is 12.6. The van der Waals surface area contributed by atoms with Crippen molar-refractivity contribution in [3.8, 4) is 0 Å². The zero-order chi connectivity index (χ0) is 13.3. The lowest BCUT2D eigenvalue weighted by molar-refractivity contribution is 0.130. The number of nitrogens with two attached hydrogens (primary N) is 1. The van der Waals surface area contributed by atoms with E-state index in [0.717, 1.165) is 12.5 Å². The largest absolute Gasteiger partial charge is 0.330 e. The molecule has 0 aromatic carbocycles. The monoisotopic (exact) mass is 254 g/mol. The lowest BCUT2D eigenvalue weighted by Crippen LogP contribution is -2.39. The molecular formula is C16H34N2. The standard InChI is InChI=1S/C16H34N2/c1-15(2)8-5-3-4-6-12-18-13-11-16(14-17)9-7-10-16/h15,18H,3-14,17H2,1-2H3. The zero-order valence-corrected chi connectivity index (χ0v) is 12.6. The normalized spacial score (nSPS) is 18.0. The SMILES string of the molecule is CC(C)CCCCCCNCCC1(CN)CCC1. The predicted octanol–water partition coefficient (Wildman–Crippen LogP) is 3.70. The smallest absolute Gasteiger partial charge is 0.00201 e. The highest BCUT2D eigenvalue weighted by Gasteiger charge is 2.34. The molecule has 0 aromatic rings. The summed E-state index contributed by atoms with van der Waals surface area (Å²) in [4.78, 5) is 0. The second-order valence-corrected chi connectivity index (χ2v) is 6.65. The van der Waals surface area contributed by atoms with Crippen LogP contribution in [0.25, 0.3) is 0 Å². The highest BCUT2D eigenvalue weighted by Crippen LogP contribution is 2.42. The second kappa shape index (κ2) is 8.92. The van der Waals surface area contributed by atoms with Gasteiger partial charge < -0.3 is 11.1 Å². The van der Waals surface area contributed by atoms with Crippen LogP contribution in [0.2, 0.25) is 0 Å². The van der Waals surface area contributed by atoms with Crippen molar-refractivity contribution in [1.29, 1.82) is 0 Å². The molecule has 0 bridgehead atoms. The second-order valence-electron chi connectivity index (χ2n) is 6.65. The van der Waals surface area contributed by atoms with Crippen LogP contribution < -0.4 is 11.1 Å². The minimum absolute atomic E-state index is 0.518. The van der Waals surface area contributed by atoms with E-state index in [4.69, 9.17) is 5.73 Å². The molecule has 0 saturated heterocycles. The third-order valence-corrected chi connectivity index (χ3v) is 4.56. The Hall–Kier alpha value is -0.0800. The lowest BCUT2D eigenvalue weighted by atomic mass is 9.67. The van der Waals surface area contributed by atoms with Crippen molar-refractivity contribution in [3.05, 3.63) is 0 Å². The molecule has 1 aliphatic rings. The van der Waals surface area contributed by atoms with Gasteiger partial charge in [0, 0.05) is 0 Å². The molecule has 1 saturated carbocycles. The van der Waals surface area contributed by atoms with Crippen LogP contribution >= 0.6 is 0 Å². The first-order valence-electron chi connectivity index (χ1n) is 8.09. The molecule has 0 aliphatic heterocycles. The summed E-state index contributed by atoms with van der Waals surface area (Å²) in [6, 6.07) is 0. The van der Waals surface area contributed by atoms with E-state index in [1.807, 2.05) is 0 Å². The molecule has 2 nitrogen and oxygen atoms in total. The Morgan fingerprint density at radius 2 is 1.78 bits per heavy atom. The van der Waals surface area contributed by atoms with Crippen molar-refractivity contribution in [1.82, 2.24) is 5.32 Å². The van der Waals surface area contributed by atoms with Gasteiger partial charge in [-0.2, -0.15) is 0 Å². The number of nitrogens with one attached hydrogen (secondary N) is 1. The Bertz CT molecular complexity index is 192. The topological polar surface area (TPSA) is 38.0 Å². The molecule has 3 N–H and O–H groups in total. The Labute approximate surface area is 114 Å². The third kappa shape index (κ3) is 6.19. The predicted molar refractivity (Wildman–Crippen MR) is 80.7 cm³/mol. The van der Waals surface area contributed by atoms with E-state index in [0.29, 0.717) is 5.41 Å². The maximum absolute atomic E-state index is 5.86. The number of rotatable bonds is 11. The number of unbranched alkanes of at least 4 members (excludes halogenated alkanes) is 3. The molecule has 18 heavy (non-hydrogen) atoms. The van der Waals surface area contributed by atoms with E-state index in [2.05, 4.69) is 19.2 Å². The van der Waals surface area contributed by atoms with Gasteiger partial charge in [-0.3, -0.25) is 0 Å². The summed E-state index contributed by atoms with van der Waals surface area (Å²) in [5.74, 6) is 0.873. The van der Waals surface area contributed by atoms with Crippen LogP contribution in [0.15, 0.2) is 0 Å². The van der Waals surface area contributed by atoms with Gasteiger partial charge in [-0.25, -0.2) is 0 Å². The van der Waals surface area contributed by atoms with Gasteiger partial charge in [-0.15, -0.1) is 0 Å². The first kappa shape index (κ1) is 16.0. The Balaban J connectivity index is 1.81. The van der Waals surface area contributed by atoms with Crippen molar-refractivity contribution in [2.24, 2.45) is 17.1 Å². The Morgan fingerprint density at radius 3 is 2.33 bits per heavy atom. The molecule has 108 valence electrons. The summed E-state index contributed by atoms with van der Waals surface area (Å²) in [6.45, 7) is 7.89. The summed E-state index contributed by atoms with van der Waals surface area (Å²) >= 11 is 0. The van der Waals surface area contributed by atoms with Crippen LogP contribution in [-0.4, -0.2) is 19.6 Å². The maximum Gasteiger partial charge on any atom is -0.00201 e. The quantitative estimate of drug-likeness (QED) is 0.552. The van der Waals surface area contributed by atoms with Gasteiger partial charge in [-0.1, -0.05) is 46.0 Å². The first-order chi connectivity index (χ1) is 8.68. The molecule has 2 heteroatoms. The average Bonchev–Trinajstić information content (AvgIpc) is 2.29. The molecule has 0 radical (unpaired) electrons. The Morgan fingerprint density at radius 1 is 1.06 bits per heavy atom. The van der Waals surface area contributed by atoms with Crippen LogP contribution in [0.4, 0.5) is 0 Å². The van der Waals surface area contributed by atoms with Gasteiger partial charge in [0.05, 0.1) is 0 Å². The van der Waals surface area contributed by atoms with Crippen LogP contribution in [0, 0.1) is 11.3 Å². The minimum Gasteiger partial charge on any atom is -0.330 e. The van der Waals surface area contributed by atoms with Gasteiger partial charge in [0.1, 0.15) is 0 Å². The van der Waals surface area contributed by atoms with Crippen LogP contribution in [0.5, 0.6) is 0 Å². The molecule has 0 heterocycles. The first-order valence-corrected chi connectivity index (χ1v) is 8.09. The van der Waals surface area contributed by atoms with Crippen molar-refractivity contribution >= 4 is 0 Å². The lowest BCUT2D eigenvalue weighted by Gasteiger charge is -2.41. The summed E-state index contributed by atoms with van der Waals surface area (Å²) in [5.41, 5.74) is 6.38. The van der Waals surface area contributed by atoms with E-state index >= 15 is 0 Å². The van der Waals surface area contributed by atoms with E-state index in [1.54, 1.807) is 0 Å². The molecule has 0 atom stereocenters. The number of hydrogen-bond donors (Lipinski definition) is 2. The molecule has 1 aliphatic carbocycles. The Kier molecular flexibility index (Phi) is 7.92. The molecule has 0 unspecified atom stereocenters. The van der Waals surface area contributed by atoms with E-state index in [1.165, 1.54) is 70.9 Å². The van der Waals surface area contributed by atoms with Crippen molar-refractivity contribution in [3.63, 3.8) is 0 Å². The average molecular weight is 254 g/mol. The molecule has 0 spiro atoms. The summed E-state index contributed by atoms with van der Waals surface area (Å²) in [7, 11) is 0. The fourth-order valence-electron chi connectivity index (χ4n) is 2.87. The van der Waals surface area contributed by atoms with Crippen molar-refractivity contribution in [2.45, 2.75) is 71.6 Å². The van der Waals surface area contributed by atoms with E-state index < -0.39 is 0 Å². The molecule has 1 fully saturated rings. The van der Waals surface area contributed by atoms with E-state index in [-0.39, 0.29) is 0 Å². The van der Waals surface area contributed by atoms with Gasteiger partial charge >= 0.3 is 0 Å². The van der Waals surface area contributed by atoms with Gasteiger partial charge in [0.25, 0.3) is 0 Å². The minimum atomic E-state index is 0.518. The van der Waals surface area contributed by atoms with Gasteiger partial charge in [-0.05, 0) is 56.7 Å². The summed E-state index contributed by atoms with van der Waals surface area (Å²) in [6.07, 6.45) is 12.4. The fourth-order valence-corrected chi connectivity index (χ4v) is 2.87. The van der Waals surface area contributed by atoms with E-state index in [9.17, 15) is 0 Å². The number of hydrogen-bond acceptors (Lipinski definition) is 2. The van der Waals surface area contributed by atoms with Crippen LogP contribution in [-0.2, 0) is 0 Å². The van der Waals surface area contributed by atoms with Crippen molar-refractivity contribution < 1.29 is 0 Å². The molecule has 1 rings (SSSR count). The van der Waals surface area contributed by atoms with Crippen LogP contribution in [0.1, 0.15) is 71.6 Å². The van der Waals surface area contributed by atoms with Crippen molar-refractivity contribution in [2.75, 3.05) is 19.6 Å².